The molecule has 0 N–H and O–H groups in total. The summed E-state index contributed by atoms with van der Waals surface area (Å²) in [4.78, 5) is 11.1. The smallest absolute Gasteiger partial charge is 0.190 e. The van der Waals surface area contributed by atoms with Gasteiger partial charge in [0.1, 0.15) is 11.0 Å². The summed E-state index contributed by atoms with van der Waals surface area (Å²) in [6.45, 7) is 4.43. The molecule has 0 bridgehead atoms. The molecule has 0 radical (unpaired) electrons. The molecule has 1 aliphatic heterocycles. The lowest BCUT2D eigenvalue weighted by molar-refractivity contribution is 0.402. The lowest BCUT2D eigenvalue weighted by Crippen LogP contribution is -2.35. The van der Waals surface area contributed by atoms with E-state index in [0.29, 0.717) is 5.15 Å². The Balaban J connectivity index is 2.18. The largest absolute Gasteiger partial charge is 0.356 e. The van der Waals surface area contributed by atoms with Crippen LogP contribution in [0.3, 0.4) is 0 Å². The van der Waals surface area contributed by atoms with Gasteiger partial charge in [-0.15, -0.1) is 0 Å². The van der Waals surface area contributed by atoms with Crippen LogP contribution in [0.1, 0.15) is 26.2 Å². The van der Waals surface area contributed by atoms with Crippen LogP contribution in [0.5, 0.6) is 0 Å². The third-order valence-electron chi connectivity index (χ3n) is 3.26. The Kier molecular flexibility index (Phi) is 4.51. The van der Waals surface area contributed by atoms with Crippen molar-refractivity contribution in [2.45, 2.75) is 31.3 Å². The number of nitrogens with zero attached hydrogens (tertiary/aromatic N) is 3. The number of thioether (sulfide) groups is 1. The number of piperidine rings is 1. The average molecular weight is 272 g/mol. The maximum Gasteiger partial charge on any atom is 0.190 e. The fraction of sp³-hybridized carbons (Fsp3) is 0.667. The minimum Gasteiger partial charge on any atom is -0.356 e. The molecule has 2 heterocycles. The van der Waals surface area contributed by atoms with Gasteiger partial charge < -0.3 is 4.90 Å². The molecular formula is C12H18ClN3S. The summed E-state index contributed by atoms with van der Waals surface area (Å²) in [6.07, 6.45) is 5.79. The van der Waals surface area contributed by atoms with Gasteiger partial charge in [-0.05, 0) is 25.0 Å². The predicted molar refractivity (Wildman–Crippen MR) is 74.1 cm³/mol. The molecule has 0 amide bonds. The van der Waals surface area contributed by atoms with Gasteiger partial charge in [0.25, 0.3) is 0 Å². The number of hydrogen-bond donors (Lipinski definition) is 0. The zero-order valence-corrected chi connectivity index (χ0v) is 11.9. The van der Waals surface area contributed by atoms with Crippen molar-refractivity contribution in [1.29, 1.82) is 0 Å². The van der Waals surface area contributed by atoms with Crippen LogP contribution in [-0.2, 0) is 0 Å². The summed E-state index contributed by atoms with van der Waals surface area (Å²) in [5.41, 5.74) is 0. The van der Waals surface area contributed by atoms with Crippen LogP contribution in [0.4, 0.5) is 5.82 Å². The Bertz CT molecular complexity index is 386. The fourth-order valence-electron chi connectivity index (χ4n) is 2.25. The predicted octanol–water partition coefficient (Wildman–Crippen LogP) is 3.48. The highest BCUT2D eigenvalue weighted by Gasteiger charge is 2.20. The standard InChI is InChI=1S/C12H18ClN3S/c1-3-9-5-4-6-16(8-9)11-7-10(13)14-12(15-11)17-2/h7,9H,3-6,8H2,1-2H3. The van der Waals surface area contributed by atoms with Crippen LogP contribution in [0, 0.1) is 5.92 Å². The SMILES string of the molecule is CCC1CCCN(c2cc(Cl)nc(SC)n2)C1. The maximum absolute atomic E-state index is 6.03. The summed E-state index contributed by atoms with van der Waals surface area (Å²) < 4.78 is 0. The molecule has 1 saturated heterocycles. The highest BCUT2D eigenvalue weighted by Crippen LogP contribution is 2.26. The van der Waals surface area contributed by atoms with Gasteiger partial charge in [-0.3, -0.25) is 0 Å². The van der Waals surface area contributed by atoms with E-state index in [0.717, 1.165) is 30.0 Å². The van der Waals surface area contributed by atoms with Crippen molar-refractivity contribution in [2.24, 2.45) is 5.92 Å². The van der Waals surface area contributed by atoms with Crippen molar-refractivity contribution in [1.82, 2.24) is 9.97 Å². The zero-order valence-electron chi connectivity index (χ0n) is 10.3. The number of aromatic nitrogens is 2. The molecule has 1 aromatic heterocycles. The van der Waals surface area contributed by atoms with Crippen LogP contribution in [0.15, 0.2) is 11.2 Å². The van der Waals surface area contributed by atoms with E-state index < -0.39 is 0 Å². The first kappa shape index (κ1) is 13.0. The van der Waals surface area contributed by atoms with E-state index in [1.807, 2.05) is 12.3 Å². The molecule has 1 aliphatic rings. The summed E-state index contributed by atoms with van der Waals surface area (Å²) in [5, 5.41) is 1.30. The molecule has 1 atom stereocenters. The van der Waals surface area contributed by atoms with Gasteiger partial charge in [-0.2, -0.15) is 0 Å². The van der Waals surface area contributed by atoms with Crippen LogP contribution in [0.2, 0.25) is 5.15 Å². The van der Waals surface area contributed by atoms with Crippen molar-refractivity contribution in [3.8, 4) is 0 Å². The third-order valence-corrected chi connectivity index (χ3v) is 4.01. The number of anilines is 1. The van der Waals surface area contributed by atoms with Crippen molar-refractivity contribution in [3.63, 3.8) is 0 Å². The van der Waals surface area contributed by atoms with Crippen molar-refractivity contribution in [2.75, 3.05) is 24.2 Å². The first-order chi connectivity index (χ1) is 8.22. The average Bonchev–Trinajstić information content (AvgIpc) is 2.38. The van der Waals surface area contributed by atoms with Crippen LogP contribution < -0.4 is 4.90 Å². The second-order valence-electron chi connectivity index (χ2n) is 4.40. The molecule has 1 fully saturated rings. The summed E-state index contributed by atoms with van der Waals surface area (Å²) >= 11 is 7.56. The third kappa shape index (κ3) is 3.26. The lowest BCUT2D eigenvalue weighted by Gasteiger charge is -2.33. The number of rotatable bonds is 3. The second kappa shape index (κ2) is 5.91. The highest BCUT2D eigenvalue weighted by molar-refractivity contribution is 7.98. The molecule has 0 saturated carbocycles. The molecular weight excluding hydrogens is 254 g/mol. The maximum atomic E-state index is 6.03. The molecule has 5 heteroatoms. The number of halogens is 1. The van der Waals surface area contributed by atoms with Crippen LogP contribution in [-0.4, -0.2) is 29.3 Å². The van der Waals surface area contributed by atoms with Gasteiger partial charge in [0.2, 0.25) is 0 Å². The van der Waals surface area contributed by atoms with E-state index in [-0.39, 0.29) is 0 Å². The quantitative estimate of drug-likeness (QED) is 0.478. The Hall–Kier alpha value is -0.480. The molecule has 0 aromatic carbocycles. The monoisotopic (exact) mass is 271 g/mol. The summed E-state index contributed by atoms with van der Waals surface area (Å²) in [6, 6.07) is 1.87. The minimum absolute atomic E-state index is 0.540. The van der Waals surface area contributed by atoms with Gasteiger partial charge in [0.05, 0.1) is 0 Å². The molecule has 94 valence electrons. The molecule has 0 aliphatic carbocycles. The van der Waals surface area contributed by atoms with Crippen LogP contribution >= 0.6 is 23.4 Å². The van der Waals surface area contributed by atoms with E-state index in [1.165, 1.54) is 31.0 Å². The van der Waals surface area contributed by atoms with Crippen molar-refractivity contribution in [3.05, 3.63) is 11.2 Å². The van der Waals surface area contributed by atoms with Gasteiger partial charge >= 0.3 is 0 Å². The second-order valence-corrected chi connectivity index (χ2v) is 5.56. The summed E-state index contributed by atoms with van der Waals surface area (Å²) in [7, 11) is 0. The Labute approximate surface area is 112 Å². The molecule has 3 nitrogen and oxygen atoms in total. The Morgan fingerprint density at radius 2 is 2.35 bits per heavy atom. The lowest BCUT2D eigenvalue weighted by atomic mass is 9.96. The highest BCUT2D eigenvalue weighted by atomic mass is 35.5. The molecule has 17 heavy (non-hydrogen) atoms. The van der Waals surface area contributed by atoms with E-state index >= 15 is 0 Å². The van der Waals surface area contributed by atoms with E-state index in [2.05, 4.69) is 21.8 Å². The van der Waals surface area contributed by atoms with E-state index in [4.69, 9.17) is 11.6 Å². The zero-order chi connectivity index (χ0) is 12.3. The van der Waals surface area contributed by atoms with Crippen molar-refractivity contribution >= 4 is 29.2 Å². The Morgan fingerprint density at radius 1 is 1.53 bits per heavy atom. The van der Waals surface area contributed by atoms with Gasteiger partial charge in [-0.1, -0.05) is 36.7 Å². The van der Waals surface area contributed by atoms with Gasteiger partial charge in [0, 0.05) is 19.2 Å². The number of hydrogen-bond acceptors (Lipinski definition) is 4. The van der Waals surface area contributed by atoms with Gasteiger partial charge in [0.15, 0.2) is 5.16 Å². The molecule has 0 spiro atoms. The topological polar surface area (TPSA) is 29.0 Å². The Morgan fingerprint density at radius 3 is 3.06 bits per heavy atom. The first-order valence-electron chi connectivity index (χ1n) is 6.06. The normalized spacial score (nSPS) is 20.6. The van der Waals surface area contributed by atoms with Gasteiger partial charge in [-0.25, -0.2) is 9.97 Å². The first-order valence-corrected chi connectivity index (χ1v) is 7.66. The van der Waals surface area contributed by atoms with E-state index in [9.17, 15) is 0 Å². The summed E-state index contributed by atoms with van der Waals surface area (Å²) in [5.74, 6) is 1.77. The molecule has 1 unspecified atom stereocenters. The van der Waals surface area contributed by atoms with Crippen LogP contribution in [0.25, 0.3) is 0 Å². The fourth-order valence-corrected chi connectivity index (χ4v) is 2.85. The van der Waals surface area contributed by atoms with Crippen molar-refractivity contribution < 1.29 is 0 Å². The molecule has 1 aromatic rings. The minimum atomic E-state index is 0.540. The van der Waals surface area contributed by atoms with E-state index in [1.54, 1.807) is 0 Å². The molecule has 2 rings (SSSR count).